The Balaban J connectivity index is 1.71. The molecule has 1 aliphatic heterocycles. The summed E-state index contributed by atoms with van der Waals surface area (Å²) in [5, 5.41) is 18.1. The van der Waals surface area contributed by atoms with E-state index in [-0.39, 0.29) is 13.2 Å². The van der Waals surface area contributed by atoms with Gasteiger partial charge in [0, 0.05) is 44.3 Å². The zero-order valence-electron chi connectivity index (χ0n) is 12.7. The minimum absolute atomic E-state index is 0.167. The molecular formula is C16H27N3O2. The Morgan fingerprint density at radius 3 is 2.24 bits per heavy atom. The number of aromatic nitrogens is 1. The number of anilines is 1. The van der Waals surface area contributed by atoms with Crippen molar-refractivity contribution in [1.29, 1.82) is 0 Å². The van der Waals surface area contributed by atoms with Gasteiger partial charge < -0.3 is 15.1 Å². The van der Waals surface area contributed by atoms with E-state index in [1.54, 1.807) is 0 Å². The number of rotatable bonds is 8. The van der Waals surface area contributed by atoms with Crippen molar-refractivity contribution in [3.63, 3.8) is 0 Å². The summed E-state index contributed by atoms with van der Waals surface area (Å²) in [5.74, 6) is 0.753. The van der Waals surface area contributed by atoms with Crippen molar-refractivity contribution >= 4 is 5.69 Å². The fourth-order valence-electron chi connectivity index (χ4n) is 3.02. The standard InChI is InChI=1S/C16H27N3O2/c20-13-11-18(12-14-21)8-3-15-4-9-19(10-5-15)16-1-6-17-7-2-16/h1-2,6-7,15,20-21H,3-5,8-14H2. The third kappa shape index (κ3) is 5.26. The van der Waals surface area contributed by atoms with Gasteiger partial charge in [-0.25, -0.2) is 0 Å². The molecular weight excluding hydrogens is 266 g/mol. The first-order valence-corrected chi connectivity index (χ1v) is 7.92. The molecule has 2 heterocycles. The summed E-state index contributed by atoms with van der Waals surface area (Å²) in [6.45, 7) is 4.85. The first-order chi connectivity index (χ1) is 10.3. The van der Waals surface area contributed by atoms with Crippen molar-refractivity contribution in [3.8, 4) is 0 Å². The molecule has 0 spiro atoms. The molecule has 0 radical (unpaired) electrons. The van der Waals surface area contributed by atoms with Gasteiger partial charge in [-0.1, -0.05) is 0 Å². The van der Waals surface area contributed by atoms with E-state index in [2.05, 4.69) is 26.9 Å². The summed E-state index contributed by atoms with van der Waals surface area (Å²) in [7, 11) is 0. The van der Waals surface area contributed by atoms with E-state index in [4.69, 9.17) is 10.2 Å². The number of hydrogen-bond acceptors (Lipinski definition) is 5. The number of nitrogens with zero attached hydrogens (tertiary/aromatic N) is 3. The highest BCUT2D eigenvalue weighted by Gasteiger charge is 2.19. The van der Waals surface area contributed by atoms with Crippen LogP contribution in [0.25, 0.3) is 0 Å². The van der Waals surface area contributed by atoms with E-state index in [9.17, 15) is 0 Å². The Kier molecular flexibility index (Phi) is 6.92. The van der Waals surface area contributed by atoms with Gasteiger partial charge >= 0.3 is 0 Å². The van der Waals surface area contributed by atoms with Crippen molar-refractivity contribution in [3.05, 3.63) is 24.5 Å². The second-order valence-corrected chi connectivity index (χ2v) is 5.71. The maximum atomic E-state index is 9.03. The summed E-state index contributed by atoms with van der Waals surface area (Å²) in [6.07, 6.45) is 7.29. The number of pyridine rings is 1. The molecule has 5 nitrogen and oxygen atoms in total. The zero-order valence-corrected chi connectivity index (χ0v) is 12.7. The maximum Gasteiger partial charge on any atom is 0.0558 e. The topological polar surface area (TPSA) is 59.8 Å². The van der Waals surface area contributed by atoms with E-state index in [1.807, 2.05) is 12.4 Å². The largest absolute Gasteiger partial charge is 0.395 e. The van der Waals surface area contributed by atoms with Gasteiger partial charge in [0.2, 0.25) is 0 Å². The molecule has 0 amide bonds. The molecule has 0 atom stereocenters. The van der Waals surface area contributed by atoms with Crippen LogP contribution in [0, 0.1) is 5.92 Å². The third-order valence-corrected chi connectivity index (χ3v) is 4.33. The lowest BCUT2D eigenvalue weighted by Gasteiger charge is -2.34. The number of piperidine rings is 1. The van der Waals surface area contributed by atoms with Crippen molar-refractivity contribution in [2.24, 2.45) is 5.92 Å². The Morgan fingerprint density at radius 1 is 1.05 bits per heavy atom. The molecule has 21 heavy (non-hydrogen) atoms. The smallest absolute Gasteiger partial charge is 0.0558 e. The lowest BCUT2D eigenvalue weighted by molar-refractivity contribution is 0.151. The number of aliphatic hydroxyl groups excluding tert-OH is 2. The van der Waals surface area contributed by atoms with Crippen LogP contribution in [0.3, 0.4) is 0 Å². The van der Waals surface area contributed by atoms with Gasteiger partial charge in [0.1, 0.15) is 0 Å². The SMILES string of the molecule is OCCN(CCO)CCC1CCN(c2ccncc2)CC1. The van der Waals surface area contributed by atoms with E-state index >= 15 is 0 Å². The summed E-state index contributed by atoms with van der Waals surface area (Å²) in [5.41, 5.74) is 1.27. The third-order valence-electron chi connectivity index (χ3n) is 4.33. The molecule has 1 aliphatic rings. The number of hydrogen-bond donors (Lipinski definition) is 2. The lowest BCUT2D eigenvalue weighted by Crippen LogP contribution is -2.36. The van der Waals surface area contributed by atoms with Crippen LogP contribution in [-0.2, 0) is 0 Å². The second-order valence-electron chi connectivity index (χ2n) is 5.71. The van der Waals surface area contributed by atoms with Crippen LogP contribution < -0.4 is 4.90 Å². The molecule has 1 fully saturated rings. The molecule has 0 unspecified atom stereocenters. The molecule has 118 valence electrons. The molecule has 1 aromatic rings. The van der Waals surface area contributed by atoms with Gasteiger partial charge in [-0.2, -0.15) is 0 Å². The molecule has 1 aromatic heterocycles. The molecule has 0 aromatic carbocycles. The minimum atomic E-state index is 0.167. The predicted molar refractivity (Wildman–Crippen MR) is 84.4 cm³/mol. The second kappa shape index (κ2) is 8.97. The van der Waals surface area contributed by atoms with E-state index < -0.39 is 0 Å². The van der Waals surface area contributed by atoms with Crippen LogP contribution in [-0.4, -0.2) is 66.0 Å². The number of aliphatic hydroxyl groups is 2. The van der Waals surface area contributed by atoms with E-state index in [0.717, 1.165) is 32.0 Å². The van der Waals surface area contributed by atoms with Crippen molar-refractivity contribution in [1.82, 2.24) is 9.88 Å². The minimum Gasteiger partial charge on any atom is -0.395 e. The fourth-order valence-corrected chi connectivity index (χ4v) is 3.02. The maximum absolute atomic E-state index is 9.03. The van der Waals surface area contributed by atoms with Crippen molar-refractivity contribution in [2.45, 2.75) is 19.3 Å². The molecule has 2 N–H and O–H groups in total. The van der Waals surface area contributed by atoms with E-state index in [0.29, 0.717) is 13.1 Å². The average Bonchev–Trinajstić information content (AvgIpc) is 2.54. The van der Waals surface area contributed by atoms with Gasteiger partial charge in [-0.15, -0.1) is 0 Å². The molecule has 5 heteroatoms. The predicted octanol–water partition coefficient (Wildman–Crippen LogP) is 0.975. The van der Waals surface area contributed by atoms with Crippen LogP contribution in [0.5, 0.6) is 0 Å². The average molecular weight is 293 g/mol. The zero-order chi connectivity index (χ0) is 14.9. The van der Waals surface area contributed by atoms with Gasteiger partial charge in [0.05, 0.1) is 13.2 Å². The van der Waals surface area contributed by atoms with Gasteiger partial charge in [0.25, 0.3) is 0 Å². The highest BCUT2D eigenvalue weighted by Crippen LogP contribution is 2.24. The Hall–Kier alpha value is -1.17. The first kappa shape index (κ1) is 16.2. The van der Waals surface area contributed by atoms with Crippen LogP contribution >= 0.6 is 0 Å². The quantitative estimate of drug-likeness (QED) is 0.748. The molecule has 2 rings (SSSR count). The van der Waals surface area contributed by atoms with Crippen LogP contribution in [0.15, 0.2) is 24.5 Å². The highest BCUT2D eigenvalue weighted by atomic mass is 16.3. The molecule has 0 saturated carbocycles. The lowest BCUT2D eigenvalue weighted by atomic mass is 9.93. The highest BCUT2D eigenvalue weighted by molar-refractivity contribution is 5.44. The fraction of sp³-hybridized carbons (Fsp3) is 0.688. The monoisotopic (exact) mass is 293 g/mol. The van der Waals surface area contributed by atoms with Gasteiger partial charge in [-0.3, -0.25) is 9.88 Å². The van der Waals surface area contributed by atoms with Crippen molar-refractivity contribution in [2.75, 3.05) is 50.8 Å². The van der Waals surface area contributed by atoms with E-state index in [1.165, 1.54) is 18.5 Å². The van der Waals surface area contributed by atoms with Crippen LogP contribution in [0.1, 0.15) is 19.3 Å². The normalized spacial score (nSPS) is 16.6. The van der Waals surface area contributed by atoms with Gasteiger partial charge in [0.15, 0.2) is 0 Å². The van der Waals surface area contributed by atoms with Crippen LogP contribution in [0.4, 0.5) is 5.69 Å². The Bertz CT molecular complexity index is 374. The van der Waals surface area contributed by atoms with Crippen LogP contribution in [0.2, 0.25) is 0 Å². The molecule has 0 aliphatic carbocycles. The summed E-state index contributed by atoms with van der Waals surface area (Å²) >= 11 is 0. The first-order valence-electron chi connectivity index (χ1n) is 7.92. The summed E-state index contributed by atoms with van der Waals surface area (Å²) in [4.78, 5) is 8.64. The molecule has 0 bridgehead atoms. The van der Waals surface area contributed by atoms with Gasteiger partial charge in [-0.05, 0) is 43.9 Å². The summed E-state index contributed by atoms with van der Waals surface area (Å²) in [6, 6.07) is 4.15. The summed E-state index contributed by atoms with van der Waals surface area (Å²) < 4.78 is 0. The Labute approximate surface area is 127 Å². The van der Waals surface area contributed by atoms with Crippen molar-refractivity contribution < 1.29 is 10.2 Å². The molecule has 1 saturated heterocycles. The Morgan fingerprint density at radius 2 is 1.67 bits per heavy atom.